The van der Waals surface area contributed by atoms with Gasteiger partial charge in [-0.15, -0.1) is 11.3 Å². The van der Waals surface area contributed by atoms with Crippen molar-refractivity contribution >= 4 is 34.0 Å². The number of rotatable bonds is 7. The number of thiazole rings is 1. The molecule has 3 aromatic rings. The van der Waals surface area contributed by atoms with Gasteiger partial charge in [0.05, 0.1) is 31.6 Å². The molecule has 2 N–H and O–H groups in total. The van der Waals surface area contributed by atoms with E-state index in [1.807, 2.05) is 18.2 Å². The van der Waals surface area contributed by atoms with Crippen LogP contribution >= 0.6 is 11.3 Å². The van der Waals surface area contributed by atoms with Crippen molar-refractivity contribution in [1.82, 2.24) is 9.88 Å². The summed E-state index contributed by atoms with van der Waals surface area (Å²) >= 11 is 1.26. The monoisotopic (exact) mass is 426 g/mol. The van der Waals surface area contributed by atoms with Crippen molar-refractivity contribution in [2.24, 2.45) is 0 Å². The predicted molar refractivity (Wildman–Crippen MR) is 114 cm³/mol. The second-order valence-electron chi connectivity index (χ2n) is 6.89. The Morgan fingerprint density at radius 2 is 2.00 bits per heavy atom. The van der Waals surface area contributed by atoms with Crippen LogP contribution in [0, 0.1) is 0 Å². The molecule has 1 saturated heterocycles. The number of nitrogens with one attached hydrogen (secondary N) is 2. The molecular weight excluding hydrogens is 404 g/mol. The highest BCUT2D eigenvalue weighted by molar-refractivity contribution is 7.14. The molecule has 1 aromatic carbocycles. The average molecular weight is 426 g/mol. The summed E-state index contributed by atoms with van der Waals surface area (Å²) in [7, 11) is 0. The standard InChI is InChI=1S/C21H22N4O4S/c26-19(12-17-14-30-21(23-17)24-20(27)18-5-2-8-29-18)22-16-4-1-3-15(11-16)13-25-6-9-28-10-7-25/h1-5,8,11,14H,6-7,9-10,12-13H2,(H,22,26)(H,23,24,27). The maximum absolute atomic E-state index is 12.4. The smallest absolute Gasteiger partial charge is 0.293 e. The number of ether oxygens (including phenoxy) is 1. The van der Waals surface area contributed by atoms with Crippen LogP contribution in [-0.2, 0) is 22.5 Å². The third kappa shape index (κ3) is 5.53. The fraction of sp³-hybridized carbons (Fsp3) is 0.286. The maximum Gasteiger partial charge on any atom is 0.293 e. The predicted octanol–water partition coefficient (Wildman–Crippen LogP) is 3.00. The van der Waals surface area contributed by atoms with Crippen molar-refractivity contribution in [1.29, 1.82) is 0 Å². The SMILES string of the molecule is O=C(Cc1csc(NC(=O)c2ccco2)n1)Nc1cccc(CN2CCOCC2)c1. The molecule has 1 fully saturated rings. The fourth-order valence-corrected chi connectivity index (χ4v) is 3.85. The Morgan fingerprint density at radius 1 is 1.13 bits per heavy atom. The van der Waals surface area contributed by atoms with Gasteiger partial charge in [0.1, 0.15) is 0 Å². The highest BCUT2D eigenvalue weighted by atomic mass is 32.1. The number of furan rings is 1. The van der Waals surface area contributed by atoms with Gasteiger partial charge in [0.15, 0.2) is 10.9 Å². The van der Waals surface area contributed by atoms with Gasteiger partial charge in [-0.25, -0.2) is 4.98 Å². The van der Waals surface area contributed by atoms with Crippen molar-refractivity contribution in [2.45, 2.75) is 13.0 Å². The Labute approximate surface area is 177 Å². The first-order chi connectivity index (χ1) is 14.7. The van der Waals surface area contributed by atoms with E-state index < -0.39 is 0 Å². The normalized spacial score (nSPS) is 14.4. The second kappa shape index (κ2) is 9.66. The third-order valence-corrected chi connectivity index (χ3v) is 5.39. The van der Waals surface area contributed by atoms with Gasteiger partial charge in [-0.2, -0.15) is 0 Å². The maximum atomic E-state index is 12.4. The van der Waals surface area contributed by atoms with Gasteiger partial charge in [0.2, 0.25) is 5.91 Å². The van der Waals surface area contributed by atoms with Gasteiger partial charge in [-0.05, 0) is 29.8 Å². The highest BCUT2D eigenvalue weighted by Crippen LogP contribution is 2.18. The summed E-state index contributed by atoms with van der Waals surface area (Å²) in [6, 6.07) is 11.1. The molecule has 0 bridgehead atoms. The quantitative estimate of drug-likeness (QED) is 0.603. The van der Waals surface area contributed by atoms with Crippen molar-refractivity contribution in [3.63, 3.8) is 0 Å². The molecule has 156 valence electrons. The number of amides is 2. The van der Waals surface area contributed by atoms with E-state index in [1.54, 1.807) is 17.5 Å². The first kappa shape index (κ1) is 20.3. The lowest BCUT2D eigenvalue weighted by Crippen LogP contribution is -2.35. The van der Waals surface area contributed by atoms with Crippen LogP contribution in [-0.4, -0.2) is 48.0 Å². The molecule has 1 aliphatic rings. The van der Waals surface area contributed by atoms with E-state index in [9.17, 15) is 9.59 Å². The average Bonchev–Trinajstić information content (AvgIpc) is 3.41. The number of nitrogens with zero attached hydrogens (tertiary/aromatic N) is 2. The summed E-state index contributed by atoms with van der Waals surface area (Å²) in [5.41, 5.74) is 2.50. The van der Waals surface area contributed by atoms with Crippen molar-refractivity contribution in [2.75, 3.05) is 36.9 Å². The molecule has 0 unspecified atom stereocenters. The summed E-state index contributed by atoms with van der Waals surface area (Å²) in [4.78, 5) is 31.1. The summed E-state index contributed by atoms with van der Waals surface area (Å²) in [6.07, 6.45) is 1.56. The van der Waals surface area contributed by atoms with Crippen LogP contribution in [0.5, 0.6) is 0 Å². The molecular formula is C21H22N4O4S. The van der Waals surface area contributed by atoms with Gasteiger partial charge >= 0.3 is 0 Å². The minimum Gasteiger partial charge on any atom is -0.459 e. The number of aromatic nitrogens is 1. The minimum atomic E-state index is -0.373. The zero-order valence-corrected chi connectivity index (χ0v) is 17.1. The number of carbonyl (C=O) groups is 2. The number of hydrogen-bond acceptors (Lipinski definition) is 7. The zero-order chi connectivity index (χ0) is 20.8. The number of benzene rings is 1. The van der Waals surface area contributed by atoms with E-state index in [-0.39, 0.29) is 24.0 Å². The van der Waals surface area contributed by atoms with Crippen LogP contribution < -0.4 is 10.6 Å². The largest absolute Gasteiger partial charge is 0.459 e. The van der Waals surface area contributed by atoms with Gasteiger partial charge in [0.25, 0.3) is 5.91 Å². The minimum absolute atomic E-state index is 0.126. The Hall–Kier alpha value is -3.01. The van der Waals surface area contributed by atoms with Crippen LogP contribution in [0.25, 0.3) is 0 Å². The lowest BCUT2D eigenvalue weighted by Gasteiger charge is -2.26. The Bertz CT molecular complexity index is 996. The molecule has 1 aliphatic heterocycles. The first-order valence-corrected chi connectivity index (χ1v) is 10.5. The van der Waals surface area contributed by atoms with Crippen LogP contribution in [0.2, 0.25) is 0 Å². The molecule has 2 amide bonds. The molecule has 30 heavy (non-hydrogen) atoms. The first-order valence-electron chi connectivity index (χ1n) is 9.64. The van der Waals surface area contributed by atoms with E-state index in [0.717, 1.165) is 44.1 Å². The highest BCUT2D eigenvalue weighted by Gasteiger charge is 2.14. The van der Waals surface area contributed by atoms with Crippen LogP contribution in [0.15, 0.2) is 52.5 Å². The van der Waals surface area contributed by atoms with Gasteiger partial charge < -0.3 is 14.5 Å². The lowest BCUT2D eigenvalue weighted by atomic mass is 10.1. The Morgan fingerprint density at radius 3 is 2.80 bits per heavy atom. The number of hydrogen-bond donors (Lipinski definition) is 2. The summed E-state index contributed by atoms with van der Waals surface area (Å²) in [5.74, 6) is -0.323. The summed E-state index contributed by atoms with van der Waals surface area (Å²) < 4.78 is 10.4. The number of morpholine rings is 1. The van der Waals surface area contributed by atoms with Crippen LogP contribution in [0.3, 0.4) is 0 Å². The number of carbonyl (C=O) groups excluding carboxylic acids is 2. The molecule has 0 spiro atoms. The fourth-order valence-electron chi connectivity index (χ4n) is 3.15. The molecule has 8 nitrogen and oxygen atoms in total. The van der Waals surface area contributed by atoms with Gasteiger partial charge in [-0.3, -0.25) is 19.8 Å². The molecule has 0 aliphatic carbocycles. The van der Waals surface area contributed by atoms with E-state index >= 15 is 0 Å². The molecule has 0 atom stereocenters. The Kier molecular flexibility index (Phi) is 6.53. The number of anilines is 2. The van der Waals surface area contributed by atoms with Crippen molar-refractivity contribution < 1.29 is 18.7 Å². The summed E-state index contributed by atoms with van der Waals surface area (Å²) in [6.45, 7) is 4.18. The van der Waals surface area contributed by atoms with E-state index in [0.29, 0.717) is 10.8 Å². The zero-order valence-electron chi connectivity index (χ0n) is 16.3. The van der Waals surface area contributed by atoms with Crippen molar-refractivity contribution in [3.05, 3.63) is 65.1 Å². The van der Waals surface area contributed by atoms with E-state index in [4.69, 9.17) is 9.15 Å². The molecule has 4 rings (SSSR count). The topological polar surface area (TPSA) is 96.7 Å². The lowest BCUT2D eigenvalue weighted by molar-refractivity contribution is -0.115. The van der Waals surface area contributed by atoms with Gasteiger partial charge in [-0.1, -0.05) is 12.1 Å². The molecule has 0 radical (unpaired) electrons. The molecule has 0 saturated carbocycles. The molecule has 3 heterocycles. The van der Waals surface area contributed by atoms with Crippen molar-refractivity contribution in [3.8, 4) is 0 Å². The molecule has 2 aromatic heterocycles. The van der Waals surface area contributed by atoms with E-state index in [1.165, 1.54) is 17.6 Å². The summed E-state index contributed by atoms with van der Waals surface area (Å²) in [5, 5.41) is 7.76. The van der Waals surface area contributed by atoms with Crippen LogP contribution in [0.4, 0.5) is 10.8 Å². The third-order valence-electron chi connectivity index (χ3n) is 4.58. The van der Waals surface area contributed by atoms with Gasteiger partial charge in [0, 0.05) is 30.7 Å². The van der Waals surface area contributed by atoms with Crippen LogP contribution in [0.1, 0.15) is 21.8 Å². The second-order valence-corrected chi connectivity index (χ2v) is 7.75. The molecule has 9 heteroatoms. The Balaban J connectivity index is 1.30. The van der Waals surface area contributed by atoms with E-state index in [2.05, 4.69) is 26.6 Å².